The van der Waals surface area contributed by atoms with Gasteiger partial charge in [-0.25, -0.2) is 0 Å². The number of carbonyl (C=O) groups excluding carboxylic acids is 3. The largest absolute Gasteiger partial charge is 0.459 e. The van der Waals surface area contributed by atoms with Gasteiger partial charge in [0.1, 0.15) is 6.04 Å². The summed E-state index contributed by atoms with van der Waals surface area (Å²) in [6.07, 6.45) is 1.42. The van der Waals surface area contributed by atoms with E-state index in [2.05, 4.69) is 5.32 Å². The van der Waals surface area contributed by atoms with Gasteiger partial charge in [-0.05, 0) is 37.1 Å². The average molecular weight is 397 g/mol. The number of piperazine rings is 1. The van der Waals surface area contributed by atoms with Crippen molar-refractivity contribution in [3.63, 3.8) is 0 Å². The third-order valence-electron chi connectivity index (χ3n) is 5.19. The summed E-state index contributed by atoms with van der Waals surface area (Å²) in [7, 11) is 0. The summed E-state index contributed by atoms with van der Waals surface area (Å²) in [5, 5.41) is 2.79. The van der Waals surface area contributed by atoms with Crippen molar-refractivity contribution in [2.24, 2.45) is 5.92 Å². The Morgan fingerprint density at radius 2 is 1.79 bits per heavy atom. The Bertz CT molecular complexity index is 848. The number of hydrogen-bond acceptors (Lipinski definition) is 4. The van der Waals surface area contributed by atoms with Gasteiger partial charge in [-0.1, -0.05) is 32.0 Å². The van der Waals surface area contributed by atoms with Gasteiger partial charge in [-0.2, -0.15) is 0 Å². The molecule has 1 aliphatic heterocycles. The standard InChI is InChI=1S/C22H27N3O4/c1-15(2)19(23-20(26)18-10-7-13-29-18)22(28)24-11-12-25(16(3)14-24)21(27)17-8-5-4-6-9-17/h4-10,13,15-16,19H,11-12,14H2,1-3H3,(H,23,26). The minimum absolute atomic E-state index is 0.0308. The zero-order valence-electron chi connectivity index (χ0n) is 17.0. The number of furan rings is 1. The van der Waals surface area contributed by atoms with Crippen LogP contribution in [0.2, 0.25) is 0 Å². The Morgan fingerprint density at radius 1 is 1.07 bits per heavy atom. The van der Waals surface area contributed by atoms with Crippen LogP contribution in [0.3, 0.4) is 0 Å². The van der Waals surface area contributed by atoms with E-state index < -0.39 is 11.9 Å². The van der Waals surface area contributed by atoms with E-state index in [1.54, 1.807) is 34.1 Å². The summed E-state index contributed by atoms with van der Waals surface area (Å²) in [4.78, 5) is 41.7. The highest BCUT2D eigenvalue weighted by molar-refractivity contribution is 5.96. The first-order valence-electron chi connectivity index (χ1n) is 9.87. The van der Waals surface area contributed by atoms with E-state index in [0.717, 1.165) is 0 Å². The first-order chi connectivity index (χ1) is 13.9. The number of carbonyl (C=O) groups is 3. The number of nitrogens with zero attached hydrogens (tertiary/aromatic N) is 2. The van der Waals surface area contributed by atoms with Gasteiger partial charge in [0.15, 0.2) is 5.76 Å². The molecular weight excluding hydrogens is 370 g/mol. The van der Waals surface area contributed by atoms with Crippen molar-refractivity contribution in [1.29, 1.82) is 0 Å². The maximum atomic E-state index is 13.1. The molecule has 154 valence electrons. The average Bonchev–Trinajstić information content (AvgIpc) is 3.26. The van der Waals surface area contributed by atoms with Gasteiger partial charge in [-0.3, -0.25) is 14.4 Å². The zero-order valence-corrected chi connectivity index (χ0v) is 17.0. The molecule has 7 heteroatoms. The van der Waals surface area contributed by atoms with Crippen LogP contribution < -0.4 is 5.32 Å². The minimum Gasteiger partial charge on any atom is -0.459 e. The van der Waals surface area contributed by atoms with Crippen LogP contribution in [0.1, 0.15) is 41.7 Å². The van der Waals surface area contributed by atoms with Crippen LogP contribution >= 0.6 is 0 Å². The van der Waals surface area contributed by atoms with Gasteiger partial charge < -0.3 is 19.5 Å². The fraction of sp³-hybridized carbons (Fsp3) is 0.409. The van der Waals surface area contributed by atoms with Crippen molar-refractivity contribution < 1.29 is 18.8 Å². The van der Waals surface area contributed by atoms with E-state index in [4.69, 9.17) is 4.42 Å². The molecule has 0 spiro atoms. The molecule has 29 heavy (non-hydrogen) atoms. The topological polar surface area (TPSA) is 82.9 Å². The summed E-state index contributed by atoms with van der Waals surface area (Å²) in [5.41, 5.74) is 0.643. The number of hydrogen-bond donors (Lipinski definition) is 1. The molecule has 2 heterocycles. The van der Waals surface area contributed by atoms with E-state index in [-0.39, 0.29) is 29.5 Å². The number of amides is 3. The van der Waals surface area contributed by atoms with Crippen LogP contribution in [0.15, 0.2) is 53.1 Å². The quantitative estimate of drug-likeness (QED) is 0.840. The van der Waals surface area contributed by atoms with Crippen molar-refractivity contribution in [2.45, 2.75) is 32.9 Å². The summed E-state index contributed by atoms with van der Waals surface area (Å²) in [6.45, 7) is 7.04. The predicted octanol–water partition coefficient (Wildman–Crippen LogP) is 2.41. The second-order valence-electron chi connectivity index (χ2n) is 7.67. The van der Waals surface area contributed by atoms with Crippen molar-refractivity contribution in [2.75, 3.05) is 19.6 Å². The van der Waals surface area contributed by atoms with Gasteiger partial charge in [0.05, 0.1) is 6.26 Å². The Kier molecular flexibility index (Phi) is 6.36. The summed E-state index contributed by atoms with van der Waals surface area (Å²) in [6, 6.07) is 11.6. The number of nitrogens with one attached hydrogen (secondary N) is 1. The highest BCUT2D eigenvalue weighted by Crippen LogP contribution is 2.17. The lowest BCUT2D eigenvalue weighted by Crippen LogP contribution is -2.59. The molecule has 1 aromatic heterocycles. The van der Waals surface area contributed by atoms with Gasteiger partial charge in [-0.15, -0.1) is 0 Å². The summed E-state index contributed by atoms with van der Waals surface area (Å²) < 4.78 is 5.12. The lowest BCUT2D eigenvalue weighted by molar-refractivity contribution is -0.136. The van der Waals surface area contributed by atoms with Gasteiger partial charge in [0.2, 0.25) is 5.91 Å². The molecule has 1 fully saturated rings. The third-order valence-corrected chi connectivity index (χ3v) is 5.19. The smallest absolute Gasteiger partial charge is 0.287 e. The van der Waals surface area contributed by atoms with Crippen LogP contribution in [0, 0.1) is 5.92 Å². The van der Waals surface area contributed by atoms with Crippen LogP contribution in [0.25, 0.3) is 0 Å². The van der Waals surface area contributed by atoms with Crippen molar-refractivity contribution in [3.05, 3.63) is 60.1 Å². The van der Waals surface area contributed by atoms with Crippen molar-refractivity contribution in [3.8, 4) is 0 Å². The SMILES string of the molecule is CC(C)C(NC(=O)c1ccco1)C(=O)N1CCN(C(=O)c2ccccc2)C(C)C1. The maximum absolute atomic E-state index is 13.1. The molecule has 1 aromatic carbocycles. The van der Waals surface area contributed by atoms with Crippen molar-refractivity contribution >= 4 is 17.7 Å². The molecule has 3 rings (SSSR count). The highest BCUT2D eigenvalue weighted by Gasteiger charge is 2.35. The molecule has 1 saturated heterocycles. The van der Waals surface area contributed by atoms with Gasteiger partial charge >= 0.3 is 0 Å². The third kappa shape index (κ3) is 4.67. The lowest BCUT2D eigenvalue weighted by atomic mass is 10.0. The summed E-state index contributed by atoms with van der Waals surface area (Å²) >= 11 is 0. The highest BCUT2D eigenvalue weighted by atomic mass is 16.3. The van der Waals surface area contributed by atoms with Crippen LogP contribution in [0.4, 0.5) is 0 Å². The first-order valence-corrected chi connectivity index (χ1v) is 9.87. The molecule has 0 saturated carbocycles. The van der Waals surface area contributed by atoms with E-state index in [9.17, 15) is 14.4 Å². The molecule has 2 unspecified atom stereocenters. The molecule has 2 aromatic rings. The first kappa shape index (κ1) is 20.6. The molecule has 0 bridgehead atoms. The predicted molar refractivity (Wildman–Crippen MR) is 108 cm³/mol. The molecule has 0 radical (unpaired) electrons. The van der Waals surface area contributed by atoms with Crippen LogP contribution in [0.5, 0.6) is 0 Å². The second kappa shape index (κ2) is 8.94. The molecule has 1 aliphatic rings. The molecular formula is C22H27N3O4. The van der Waals surface area contributed by atoms with Gasteiger partial charge in [0, 0.05) is 31.2 Å². The molecule has 3 amide bonds. The van der Waals surface area contributed by atoms with Crippen molar-refractivity contribution in [1.82, 2.24) is 15.1 Å². The van der Waals surface area contributed by atoms with E-state index in [1.807, 2.05) is 39.0 Å². The monoisotopic (exact) mass is 397 g/mol. The molecule has 2 atom stereocenters. The summed E-state index contributed by atoms with van der Waals surface area (Å²) in [5.74, 6) is -0.487. The molecule has 0 aliphatic carbocycles. The normalized spacial score (nSPS) is 17.9. The second-order valence-corrected chi connectivity index (χ2v) is 7.67. The Balaban J connectivity index is 1.65. The maximum Gasteiger partial charge on any atom is 0.287 e. The zero-order chi connectivity index (χ0) is 21.0. The number of rotatable bonds is 5. The molecule has 7 nitrogen and oxygen atoms in total. The fourth-order valence-electron chi connectivity index (χ4n) is 3.54. The van der Waals surface area contributed by atoms with E-state index in [0.29, 0.717) is 25.2 Å². The molecule has 1 N–H and O–H groups in total. The van der Waals surface area contributed by atoms with Crippen LogP contribution in [-0.2, 0) is 4.79 Å². The lowest BCUT2D eigenvalue weighted by Gasteiger charge is -2.41. The van der Waals surface area contributed by atoms with E-state index in [1.165, 1.54) is 6.26 Å². The van der Waals surface area contributed by atoms with E-state index >= 15 is 0 Å². The minimum atomic E-state index is -0.656. The van der Waals surface area contributed by atoms with Gasteiger partial charge in [0.25, 0.3) is 11.8 Å². The van der Waals surface area contributed by atoms with Crippen LogP contribution in [-0.4, -0.2) is 59.2 Å². The number of benzene rings is 1. The Labute approximate surface area is 170 Å². The Hall–Kier alpha value is -3.09. The Morgan fingerprint density at radius 3 is 2.38 bits per heavy atom. The fourth-order valence-corrected chi connectivity index (χ4v) is 3.54.